The van der Waals surface area contributed by atoms with Gasteiger partial charge in [-0.15, -0.1) is 0 Å². The normalized spacial score (nSPS) is 20.1. The predicted octanol–water partition coefficient (Wildman–Crippen LogP) is 1.96. The van der Waals surface area contributed by atoms with E-state index in [-0.39, 0.29) is 11.8 Å². The summed E-state index contributed by atoms with van der Waals surface area (Å²) in [4.78, 5) is 0. The highest BCUT2D eigenvalue weighted by atomic mass is 16.3. The predicted molar refractivity (Wildman–Crippen MR) is 63.3 cm³/mol. The van der Waals surface area contributed by atoms with Crippen molar-refractivity contribution in [3.8, 4) is 5.75 Å². The summed E-state index contributed by atoms with van der Waals surface area (Å²) in [5, 5.41) is 22.5. The first-order chi connectivity index (χ1) is 7.59. The summed E-state index contributed by atoms with van der Waals surface area (Å²) in [6.45, 7) is 2.71. The third-order valence-electron chi connectivity index (χ3n) is 3.41. The van der Waals surface area contributed by atoms with Gasteiger partial charge in [0, 0.05) is 12.6 Å². The SMILES string of the molecule is CC(NCC1(O)CCC1)c1ccc(O)cc1. The molecule has 0 heterocycles. The maximum atomic E-state index is 9.95. The molecule has 1 saturated carbocycles. The number of rotatable bonds is 4. The lowest BCUT2D eigenvalue weighted by molar-refractivity contribution is -0.0329. The summed E-state index contributed by atoms with van der Waals surface area (Å²) < 4.78 is 0. The molecule has 0 aliphatic heterocycles. The van der Waals surface area contributed by atoms with Gasteiger partial charge in [0.15, 0.2) is 0 Å². The molecule has 0 aromatic heterocycles. The highest BCUT2D eigenvalue weighted by molar-refractivity contribution is 5.27. The second-order valence-electron chi connectivity index (χ2n) is 4.77. The Morgan fingerprint density at radius 1 is 1.31 bits per heavy atom. The molecule has 1 aromatic rings. The van der Waals surface area contributed by atoms with Gasteiger partial charge >= 0.3 is 0 Å². The van der Waals surface area contributed by atoms with Crippen molar-refractivity contribution in [2.45, 2.75) is 37.8 Å². The molecule has 0 bridgehead atoms. The first-order valence-electron chi connectivity index (χ1n) is 5.84. The zero-order valence-corrected chi connectivity index (χ0v) is 9.61. The van der Waals surface area contributed by atoms with Gasteiger partial charge in [-0.3, -0.25) is 0 Å². The van der Waals surface area contributed by atoms with Gasteiger partial charge < -0.3 is 15.5 Å². The highest BCUT2D eigenvalue weighted by Crippen LogP contribution is 2.31. The van der Waals surface area contributed by atoms with Crippen LogP contribution in [0.4, 0.5) is 0 Å². The molecular weight excluding hydrogens is 202 g/mol. The number of hydrogen-bond acceptors (Lipinski definition) is 3. The number of aromatic hydroxyl groups is 1. The van der Waals surface area contributed by atoms with E-state index in [1.54, 1.807) is 12.1 Å². The van der Waals surface area contributed by atoms with Crippen molar-refractivity contribution in [2.24, 2.45) is 0 Å². The molecule has 1 aliphatic carbocycles. The number of nitrogens with one attached hydrogen (secondary N) is 1. The third-order valence-corrected chi connectivity index (χ3v) is 3.41. The minimum atomic E-state index is -0.481. The Kier molecular flexibility index (Phi) is 3.17. The smallest absolute Gasteiger partial charge is 0.115 e. The van der Waals surface area contributed by atoms with E-state index in [0.717, 1.165) is 24.8 Å². The van der Waals surface area contributed by atoms with E-state index in [0.29, 0.717) is 6.54 Å². The third kappa shape index (κ3) is 2.54. The standard InChI is InChI=1S/C13H19NO2/c1-10(11-3-5-12(15)6-4-11)14-9-13(16)7-2-8-13/h3-6,10,14-16H,2,7-9H2,1H3. The first-order valence-corrected chi connectivity index (χ1v) is 5.84. The minimum Gasteiger partial charge on any atom is -0.508 e. The van der Waals surface area contributed by atoms with Gasteiger partial charge in [0.2, 0.25) is 0 Å². The van der Waals surface area contributed by atoms with Gasteiger partial charge in [-0.25, -0.2) is 0 Å². The van der Waals surface area contributed by atoms with Crippen molar-refractivity contribution in [3.05, 3.63) is 29.8 Å². The molecule has 0 spiro atoms. The second-order valence-corrected chi connectivity index (χ2v) is 4.77. The van der Waals surface area contributed by atoms with E-state index in [4.69, 9.17) is 0 Å². The molecule has 3 heteroatoms. The Bertz CT molecular complexity index is 343. The zero-order chi connectivity index (χ0) is 11.6. The van der Waals surface area contributed by atoms with Crippen LogP contribution in [-0.4, -0.2) is 22.4 Å². The van der Waals surface area contributed by atoms with Crippen molar-refractivity contribution in [1.29, 1.82) is 0 Å². The Balaban J connectivity index is 1.87. The van der Waals surface area contributed by atoms with Crippen LogP contribution in [-0.2, 0) is 0 Å². The molecular formula is C13H19NO2. The van der Waals surface area contributed by atoms with E-state index in [1.807, 2.05) is 12.1 Å². The summed E-state index contributed by atoms with van der Waals surface area (Å²) >= 11 is 0. The van der Waals surface area contributed by atoms with Gasteiger partial charge in [-0.2, -0.15) is 0 Å². The average molecular weight is 221 g/mol. The molecule has 88 valence electrons. The fourth-order valence-electron chi connectivity index (χ4n) is 1.99. The molecule has 2 rings (SSSR count). The molecule has 1 atom stereocenters. The van der Waals surface area contributed by atoms with Crippen LogP contribution < -0.4 is 5.32 Å². The topological polar surface area (TPSA) is 52.5 Å². The van der Waals surface area contributed by atoms with Gasteiger partial charge in [0.25, 0.3) is 0 Å². The Labute approximate surface area is 96.1 Å². The van der Waals surface area contributed by atoms with E-state index in [1.165, 1.54) is 0 Å². The van der Waals surface area contributed by atoms with Crippen LogP contribution in [0.1, 0.15) is 37.8 Å². The van der Waals surface area contributed by atoms with Crippen LogP contribution in [0.15, 0.2) is 24.3 Å². The first kappa shape index (κ1) is 11.4. The monoisotopic (exact) mass is 221 g/mol. The molecule has 1 aromatic carbocycles. The minimum absolute atomic E-state index is 0.199. The molecule has 3 N–H and O–H groups in total. The number of phenolic OH excluding ortho intramolecular Hbond substituents is 1. The maximum Gasteiger partial charge on any atom is 0.115 e. The number of hydrogen-bond donors (Lipinski definition) is 3. The van der Waals surface area contributed by atoms with Crippen LogP contribution in [0.2, 0.25) is 0 Å². The van der Waals surface area contributed by atoms with Crippen LogP contribution in [0.3, 0.4) is 0 Å². The number of phenols is 1. The highest BCUT2D eigenvalue weighted by Gasteiger charge is 2.34. The van der Waals surface area contributed by atoms with Crippen molar-refractivity contribution < 1.29 is 10.2 Å². The molecule has 3 nitrogen and oxygen atoms in total. The van der Waals surface area contributed by atoms with Crippen LogP contribution in [0.25, 0.3) is 0 Å². The van der Waals surface area contributed by atoms with Crippen LogP contribution >= 0.6 is 0 Å². The molecule has 1 aliphatic rings. The lowest BCUT2D eigenvalue weighted by atomic mass is 9.80. The zero-order valence-electron chi connectivity index (χ0n) is 9.61. The molecule has 1 fully saturated rings. The Morgan fingerprint density at radius 2 is 1.94 bits per heavy atom. The Morgan fingerprint density at radius 3 is 2.44 bits per heavy atom. The fraction of sp³-hybridized carbons (Fsp3) is 0.538. The Hall–Kier alpha value is -1.06. The van der Waals surface area contributed by atoms with Crippen LogP contribution in [0.5, 0.6) is 5.75 Å². The summed E-state index contributed by atoms with van der Waals surface area (Å²) in [6.07, 6.45) is 2.94. The molecule has 1 unspecified atom stereocenters. The van der Waals surface area contributed by atoms with Crippen molar-refractivity contribution >= 4 is 0 Å². The largest absolute Gasteiger partial charge is 0.508 e. The summed E-state index contributed by atoms with van der Waals surface area (Å²) in [7, 11) is 0. The second kappa shape index (κ2) is 4.44. The van der Waals surface area contributed by atoms with Gasteiger partial charge in [-0.1, -0.05) is 12.1 Å². The van der Waals surface area contributed by atoms with Crippen molar-refractivity contribution in [3.63, 3.8) is 0 Å². The summed E-state index contributed by atoms with van der Waals surface area (Å²) in [5.74, 6) is 0.286. The van der Waals surface area contributed by atoms with Crippen molar-refractivity contribution in [1.82, 2.24) is 5.32 Å². The summed E-state index contributed by atoms with van der Waals surface area (Å²) in [6, 6.07) is 7.37. The molecule has 16 heavy (non-hydrogen) atoms. The van der Waals surface area contributed by atoms with Crippen LogP contribution in [0, 0.1) is 0 Å². The maximum absolute atomic E-state index is 9.95. The average Bonchev–Trinajstić information content (AvgIpc) is 2.24. The molecule has 0 amide bonds. The van der Waals surface area contributed by atoms with E-state index >= 15 is 0 Å². The van der Waals surface area contributed by atoms with E-state index in [2.05, 4.69) is 12.2 Å². The van der Waals surface area contributed by atoms with Gasteiger partial charge in [0.05, 0.1) is 5.60 Å². The molecule has 0 saturated heterocycles. The van der Waals surface area contributed by atoms with Gasteiger partial charge in [0.1, 0.15) is 5.75 Å². The van der Waals surface area contributed by atoms with Gasteiger partial charge in [-0.05, 0) is 43.9 Å². The van der Waals surface area contributed by atoms with E-state index in [9.17, 15) is 10.2 Å². The molecule has 0 radical (unpaired) electrons. The lowest BCUT2D eigenvalue weighted by Crippen LogP contribution is -2.46. The fourth-order valence-corrected chi connectivity index (χ4v) is 1.99. The quantitative estimate of drug-likeness (QED) is 0.728. The lowest BCUT2D eigenvalue weighted by Gasteiger charge is -2.37. The number of benzene rings is 1. The van der Waals surface area contributed by atoms with E-state index < -0.39 is 5.60 Å². The summed E-state index contributed by atoms with van der Waals surface area (Å²) in [5.41, 5.74) is 0.645. The number of aliphatic hydroxyl groups is 1. The van der Waals surface area contributed by atoms with Crippen molar-refractivity contribution in [2.75, 3.05) is 6.54 Å².